The third-order valence-corrected chi connectivity index (χ3v) is 7.30. The van der Waals surface area contributed by atoms with Gasteiger partial charge in [0.1, 0.15) is 5.82 Å². The molecular weight excluding hydrogens is 464 g/mol. The Balaban J connectivity index is 1.41. The lowest BCUT2D eigenvalue weighted by Crippen LogP contribution is -2.50. The van der Waals surface area contributed by atoms with Gasteiger partial charge < -0.3 is 9.88 Å². The molecule has 1 N–H and O–H groups in total. The number of nitrogens with one attached hydrogen (secondary N) is 1. The summed E-state index contributed by atoms with van der Waals surface area (Å²) in [5.74, 6) is 1.12. The Morgan fingerprint density at radius 3 is 2.50 bits per heavy atom. The van der Waals surface area contributed by atoms with Crippen LogP contribution in [0.5, 0.6) is 0 Å². The monoisotopic (exact) mass is 498 g/mol. The molecule has 0 bridgehead atoms. The molecule has 3 heterocycles. The van der Waals surface area contributed by atoms with Crippen LogP contribution in [0.4, 0.5) is 0 Å². The van der Waals surface area contributed by atoms with Crippen molar-refractivity contribution < 1.29 is 4.79 Å². The Bertz CT molecular complexity index is 1100. The van der Waals surface area contributed by atoms with Crippen LogP contribution in [0.15, 0.2) is 47.8 Å². The number of nitrogens with zero attached hydrogens (tertiary/aromatic N) is 5. The second kappa shape index (κ2) is 11.9. The Morgan fingerprint density at radius 2 is 1.82 bits per heavy atom. The van der Waals surface area contributed by atoms with Crippen molar-refractivity contribution in [2.24, 2.45) is 0 Å². The molecule has 0 spiro atoms. The van der Waals surface area contributed by atoms with E-state index < -0.39 is 0 Å². The average Bonchev–Trinajstić information content (AvgIpc) is 3.42. The van der Waals surface area contributed by atoms with E-state index in [1.54, 1.807) is 11.3 Å². The number of hydrogen-bond donors (Lipinski definition) is 1. The van der Waals surface area contributed by atoms with E-state index >= 15 is 0 Å². The molecule has 182 valence electrons. The molecule has 9 heteroatoms. The minimum Gasteiger partial charge on any atom is -0.353 e. The zero-order valence-electron chi connectivity index (χ0n) is 20.0. The van der Waals surface area contributed by atoms with Crippen molar-refractivity contribution in [1.29, 1.82) is 0 Å². The van der Waals surface area contributed by atoms with Crippen LogP contribution in [-0.2, 0) is 30.8 Å². The first-order valence-corrected chi connectivity index (χ1v) is 13.2. The van der Waals surface area contributed by atoms with Gasteiger partial charge in [-0.2, -0.15) is 5.10 Å². The molecule has 0 aliphatic carbocycles. The van der Waals surface area contributed by atoms with Crippen LogP contribution < -0.4 is 5.32 Å². The summed E-state index contributed by atoms with van der Waals surface area (Å²) in [6.07, 6.45) is 1.72. The number of aryl methyl sites for hydroxylation is 1. The molecule has 1 aromatic carbocycles. The van der Waals surface area contributed by atoms with Gasteiger partial charge in [0.2, 0.25) is 5.91 Å². The van der Waals surface area contributed by atoms with Crippen LogP contribution in [-0.4, -0.2) is 68.8 Å². The molecule has 0 saturated carbocycles. The number of benzene rings is 1. The van der Waals surface area contributed by atoms with Crippen molar-refractivity contribution in [3.63, 3.8) is 0 Å². The van der Waals surface area contributed by atoms with Gasteiger partial charge in [0.15, 0.2) is 4.77 Å². The van der Waals surface area contributed by atoms with Crippen molar-refractivity contribution in [3.8, 4) is 0 Å². The topological polar surface area (TPSA) is 58.3 Å². The van der Waals surface area contributed by atoms with E-state index in [2.05, 4.69) is 61.5 Å². The van der Waals surface area contributed by atoms with Crippen molar-refractivity contribution in [3.05, 3.63) is 68.9 Å². The van der Waals surface area contributed by atoms with Gasteiger partial charge in [0, 0.05) is 50.1 Å². The average molecular weight is 499 g/mol. The fraction of sp³-hybridized carbons (Fsp3) is 0.480. The first kappa shape index (κ1) is 24.8. The highest BCUT2D eigenvalue weighted by atomic mass is 32.1. The van der Waals surface area contributed by atoms with E-state index in [1.165, 1.54) is 10.4 Å². The number of amides is 1. The van der Waals surface area contributed by atoms with Crippen LogP contribution >= 0.6 is 23.6 Å². The molecule has 7 nitrogen and oxygen atoms in total. The van der Waals surface area contributed by atoms with Gasteiger partial charge in [0.05, 0.1) is 13.2 Å². The predicted octanol–water partition coefficient (Wildman–Crippen LogP) is 3.41. The highest BCUT2D eigenvalue weighted by Gasteiger charge is 2.21. The number of hydrogen-bond acceptors (Lipinski definition) is 6. The summed E-state index contributed by atoms with van der Waals surface area (Å²) in [6.45, 7) is 9.48. The smallest absolute Gasteiger partial charge is 0.234 e. The maximum absolute atomic E-state index is 12.1. The quantitative estimate of drug-likeness (QED) is 0.434. The number of rotatable bonds is 10. The number of carbonyl (C=O) groups excluding carboxylic acids is 1. The molecular formula is C25H34N6OS2. The van der Waals surface area contributed by atoms with Gasteiger partial charge in [-0.15, -0.1) is 11.3 Å². The van der Waals surface area contributed by atoms with Gasteiger partial charge in [-0.3, -0.25) is 14.6 Å². The van der Waals surface area contributed by atoms with E-state index in [0.29, 0.717) is 13.2 Å². The van der Waals surface area contributed by atoms with Crippen molar-refractivity contribution in [2.75, 3.05) is 32.7 Å². The van der Waals surface area contributed by atoms with Crippen molar-refractivity contribution >= 4 is 29.5 Å². The number of aromatic nitrogens is 3. The van der Waals surface area contributed by atoms with E-state index in [9.17, 15) is 4.79 Å². The van der Waals surface area contributed by atoms with Gasteiger partial charge in [-0.1, -0.05) is 36.4 Å². The first-order chi connectivity index (χ1) is 16.5. The fourth-order valence-corrected chi connectivity index (χ4v) is 5.23. The zero-order chi connectivity index (χ0) is 23.9. The second-order valence-corrected chi connectivity index (χ2v) is 10.5. The predicted molar refractivity (Wildman–Crippen MR) is 140 cm³/mol. The molecule has 2 aromatic heterocycles. The minimum atomic E-state index is 0.0982. The van der Waals surface area contributed by atoms with Crippen LogP contribution in [0, 0.1) is 4.77 Å². The van der Waals surface area contributed by atoms with Crippen molar-refractivity contribution in [2.45, 2.75) is 45.9 Å². The highest BCUT2D eigenvalue weighted by molar-refractivity contribution is 7.71. The Kier molecular flexibility index (Phi) is 8.66. The highest BCUT2D eigenvalue weighted by Crippen LogP contribution is 2.16. The molecule has 3 aromatic rings. The molecule has 34 heavy (non-hydrogen) atoms. The molecule has 1 aliphatic rings. The van der Waals surface area contributed by atoms with Crippen molar-refractivity contribution in [1.82, 2.24) is 29.5 Å². The summed E-state index contributed by atoms with van der Waals surface area (Å²) in [7, 11) is 0. The summed E-state index contributed by atoms with van der Waals surface area (Å²) in [4.78, 5) is 18.0. The SMILES string of the molecule is CC(C)NC(=O)CN1CCN(Cn2nc(Cc3cccs3)n(CCc3ccccc3)c2=S)CC1. The summed E-state index contributed by atoms with van der Waals surface area (Å²) < 4.78 is 4.96. The third kappa shape index (κ3) is 6.85. The lowest BCUT2D eigenvalue weighted by molar-refractivity contribution is -0.123. The number of piperazine rings is 1. The van der Waals surface area contributed by atoms with Gasteiger partial charge in [-0.25, -0.2) is 4.68 Å². The molecule has 0 atom stereocenters. The zero-order valence-corrected chi connectivity index (χ0v) is 21.7. The van der Waals surface area contributed by atoms with E-state index in [0.717, 1.165) is 56.2 Å². The van der Waals surface area contributed by atoms with Crippen LogP contribution in [0.3, 0.4) is 0 Å². The molecule has 4 rings (SSSR count). The van der Waals surface area contributed by atoms with E-state index in [4.69, 9.17) is 17.3 Å². The molecule has 1 amide bonds. The lowest BCUT2D eigenvalue weighted by atomic mass is 10.1. The maximum Gasteiger partial charge on any atom is 0.234 e. The fourth-order valence-electron chi connectivity index (χ4n) is 4.24. The Hall–Kier alpha value is -2.33. The van der Waals surface area contributed by atoms with Crippen LogP contribution in [0.2, 0.25) is 0 Å². The normalized spacial score (nSPS) is 15.1. The largest absolute Gasteiger partial charge is 0.353 e. The van der Waals surface area contributed by atoms with E-state index in [-0.39, 0.29) is 11.9 Å². The van der Waals surface area contributed by atoms with Gasteiger partial charge >= 0.3 is 0 Å². The first-order valence-electron chi connectivity index (χ1n) is 11.9. The summed E-state index contributed by atoms with van der Waals surface area (Å²) >= 11 is 7.64. The molecule has 1 aliphatic heterocycles. The summed E-state index contributed by atoms with van der Waals surface area (Å²) in [5.41, 5.74) is 1.30. The van der Waals surface area contributed by atoms with E-state index in [1.807, 2.05) is 24.6 Å². The lowest BCUT2D eigenvalue weighted by Gasteiger charge is -2.34. The minimum absolute atomic E-state index is 0.0982. The standard InChI is InChI=1S/C25H34N6OS2/c1-20(2)26-24(32)18-28-12-14-29(15-13-28)19-31-25(33)30(11-10-21-7-4-3-5-8-21)23(27-31)17-22-9-6-16-34-22/h3-9,16,20H,10-15,17-19H2,1-2H3,(H,26,32). The van der Waals surface area contributed by atoms with Crippen LogP contribution in [0.1, 0.15) is 30.1 Å². The number of carbonyl (C=O) groups is 1. The second-order valence-electron chi connectivity index (χ2n) is 9.10. The molecule has 0 radical (unpaired) electrons. The van der Waals surface area contributed by atoms with Gasteiger partial charge in [0.25, 0.3) is 0 Å². The Morgan fingerprint density at radius 1 is 1.09 bits per heavy atom. The molecule has 1 fully saturated rings. The molecule has 0 unspecified atom stereocenters. The Labute approximate surface area is 211 Å². The summed E-state index contributed by atoms with van der Waals surface area (Å²) in [5, 5.41) is 10.0. The number of thiophene rings is 1. The summed E-state index contributed by atoms with van der Waals surface area (Å²) in [6, 6.07) is 14.9. The third-order valence-electron chi connectivity index (χ3n) is 5.99. The maximum atomic E-state index is 12.1. The van der Waals surface area contributed by atoms with Gasteiger partial charge in [-0.05, 0) is 49.5 Å². The molecule has 1 saturated heterocycles. The van der Waals surface area contributed by atoms with Crippen LogP contribution in [0.25, 0.3) is 0 Å².